The van der Waals surface area contributed by atoms with Gasteiger partial charge in [0.25, 0.3) is 0 Å². The molecule has 17 heteroatoms. The Morgan fingerprint density at radius 3 is 2.28 bits per heavy atom. The quantitative estimate of drug-likeness (QED) is 0.150. The number of aryl methyl sites for hydroxylation is 1. The fraction of sp³-hybridized carbons (Fsp3) is 0.350. The Morgan fingerprint density at radius 2 is 1.58 bits per heavy atom. The van der Waals surface area contributed by atoms with Gasteiger partial charge in [-0.1, -0.05) is 23.7 Å². The van der Waals surface area contributed by atoms with E-state index in [1.165, 1.54) is 20.8 Å². The first kappa shape index (κ1) is 39.0. The molecule has 4 heterocycles. The molecule has 0 saturated carbocycles. The molecular formula is C40H43ClN10O6. The molecule has 57 heavy (non-hydrogen) atoms. The second-order valence-corrected chi connectivity index (χ2v) is 15.5. The summed E-state index contributed by atoms with van der Waals surface area (Å²) >= 11 is 6.34. The average Bonchev–Trinajstić information content (AvgIpc) is 3.84. The Balaban J connectivity index is 1.15. The molecule has 2 N–H and O–H groups in total. The number of rotatable bonds is 9. The van der Waals surface area contributed by atoms with Gasteiger partial charge in [-0.05, 0) is 111 Å². The monoisotopic (exact) mass is 794 g/mol. The lowest BCUT2D eigenvalue weighted by Crippen LogP contribution is -2.60. The van der Waals surface area contributed by atoms with Gasteiger partial charge in [0.15, 0.2) is 0 Å². The molecule has 2 aromatic heterocycles. The smallest absolute Gasteiger partial charge is 0.355 e. The third-order valence-electron chi connectivity index (χ3n) is 9.95. The summed E-state index contributed by atoms with van der Waals surface area (Å²) in [6.07, 6.45) is 4.47. The van der Waals surface area contributed by atoms with E-state index in [0.29, 0.717) is 57.5 Å². The van der Waals surface area contributed by atoms with Crippen molar-refractivity contribution in [2.75, 3.05) is 41.7 Å². The van der Waals surface area contributed by atoms with Crippen LogP contribution in [0.15, 0.2) is 73.1 Å². The largest absolute Gasteiger partial charge is 0.455 e. The number of carbonyl (C=O) groups is 5. The van der Waals surface area contributed by atoms with Gasteiger partial charge in [0.1, 0.15) is 23.7 Å². The van der Waals surface area contributed by atoms with E-state index in [9.17, 15) is 24.0 Å². The van der Waals surface area contributed by atoms with Gasteiger partial charge in [-0.3, -0.25) is 14.4 Å². The number of amides is 5. The van der Waals surface area contributed by atoms with Gasteiger partial charge < -0.3 is 34.6 Å². The normalized spacial score (nSPS) is 15.5. The van der Waals surface area contributed by atoms with Gasteiger partial charge in [0.05, 0.1) is 11.4 Å². The van der Waals surface area contributed by atoms with Gasteiger partial charge in [-0.2, -0.15) is 4.68 Å². The highest BCUT2D eigenvalue weighted by Gasteiger charge is 2.41. The van der Waals surface area contributed by atoms with Crippen molar-refractivity contribution in [3.8, 4) is 5.69 Å². The number of tetrazole rings is 1. The molecule has 3 aromatic carbocycles. The van der Waals surface area contributed by atoms with Gasteiger partial charge in [0.2, 0.25) is 5.91 Å². The van der Waals surface area contributed by atoms with Crippen LogP contribution in [0.25, 0.3) is 16.6 Å². The van der Waals surface area contributed by atoms with Crippen molar-refractivity contribution in [2.24, 2.45) is 7.05 Å². The number of aromatic nitrogens is 5. The number of esters is 1. The number of ether oxygens (including phenoxy) is 1. The number of hydrogen-bond acceptors (Lipinski definition) is 9. The summed E-state index contributed by atoms with van der Waals surface area (Å²) < 4.78 is 8.68. The van der Waals surface area contributed by atoms with Crippen LogP contribution in [0.2, 0.25) is 5.02 Å². The molecule has 0 bridgehead atoms. The first-order chi connectivity index (χ1) is 27.3. The number of benzene rings is 3. The maximum Gasteiger partial charge on any atom is 0.355 e. The third kappa shape index (κ3) is 8.60. The number of likely N-dealkylation sites (tertiary alicyclic amines) is 1. The highest BCUT2D eigenvalue weighted by Crippen LogP contribution is 2.31. The van der Waals surface area contributed by atoms with E-state index in [1.807, 2.05) is 0 Å². The molecule has 5 amide bonds. The summed E-state index contributed by atoms with van der Waals surface area (Å²) in [4.78, 5) is 72.5. The maximum atomic E-state index is 14.3. The number of urea groups is 1. The number of hydrogen-bond donors (Lipinski definition) is 2. The van der Waals surface area contributed by atoms with E-state index in [-0.39, 0.29) is 25.5 Å². The molecule has 7 rings (SSSR count). The summed E-state index contributed by atoms with van der Waals surface area (Å²) in [5.41, 5.74) is 2.90. The molecule has 1 unspecified atom stereocenters. The number of fused-ring (bicyclic) bond motifs is 1. The number of carbonyl (C=O) groups excluding carboxylic acids is 5. The molecule has 0 radical (unpaired) electrons. The Hall–Kier alpha value is -6.29. The van der Waals surface area contributed by atoms with Gasteiger partial charge in [-0.25, -0.2) is 9.59 Å². The van der Waals surface area contributed by atoms with Gasteiger partial charge >= 0.3 is 23.8 Å². The molecule has 2 fully saturated rings. The second kappa shape index (κ2) is 16.1. The zero-order valence-corrected chi connectivity index (χ0v) is 32.8. The zero-order valence-electron chi connectivity index (χ0n) is 32.1. The van der Waals surface area contributed by atoms with Crippen LogP contribution in [-0.4, -0.2) is 102 Å². The summed E-state index contributed by atoms with van der Waals surface area (Å²) in [5, 5.41) is 18.2. The van der Waals surface area contributed by atoms with Crippen molar-refractivity contribution in [3.05, 3.63) is 89.3 Å². The molecular weight excluding hydrogens is 752 g/mol. The fourth-order valence-corrected chi connectivity index (χ4v) is 7.29. The maximum absolute atomic E-state index is 14.3. The predicted molar refractivity (Wildman–Crippen MR) is 213 cm³/mol. The summed E-state index contributed by atoms with van der Waals surface area (Å²) in [6.45, 7) is 6.87. The van der Waals surface area contributed by atoms with Gasteiger partial charge in [-0.15, -0.1) is 5.10 Å². The van der Waals surface area contributed by atoms with Crippen molar-refractivity contribution < 1.29 is 28.7 Å². The van der Waals surface area contributed by atoms with Crippen LogP contribution < -0.4 is 15.5 Å². The van der Waals surface area contributed by atoms with E-state index in [2.05, 4.69) is 26.2 Å². The molecule has 1 atom stereocenters. The number of nitrogens with zero attached hydrogens (tertiary/aromatic N) is 8. The average molecular weight is 795 g/mol. The number of piperazine rings is 1. The highest BCUT2D eigenvalue weighted by molar-refractivity contribution is 6.41. The SMILES string of the molecule is Cn1c(C(=O)OC(C)(C)C)cc2cc(NC(=O)C(Cc3ccc(NC(=O)N4CCCCC4)cc3)N3CCN(c4cc(Cl)ccc4-n4cnnn4)C(=O)C3=O)ccc21. The van der Waals surface area contributed by atoms with Crippen molar-refractivity contribution >= 4 is 69.3 Å². The van der Waals surface area contributed by atoms with Crippen LogP contribution in [0.3, 0.4) is 0 Å². The minimum absolute atomic E-state index is 0.0190. The van der Waals surface area contributed by atoms with E-state index in [0.717, 1.165) is 24.8 Å². The summed E-state index contributed by atoms with van der Waals surface area (Å²) in [7, 11) is 1.76. The second-order valence-electron chi connectivity index (χ2n) is 15.1. The van der Waals surface area contributed by atoms with E-state index >= 15 is 0 Å². The number of anilines is 3. The van der Waals surface area contributed by atoms with Crippen LogP contribution in [0.4, 0.5) is 21.9 Å². The topological polar surface area (TPSA) is 177 Å². The highest BCUT2D eigenvalue weighted by atomic mass is 35.5. The predicted octanol–water partition coefficient (Wildman–Crippen LogP) is 5.21. The molecule has 16 nitrogen and oxygen atoms in total. The fourth-order valence-electron chi connectivity index (χ4n) is 7.12. The van der Waals surface area contributed by atoms with E-state index in [4.69, 9.17) is 16.3 Å². The lowest BCUT2D eigenvalue weighted by Gasteiger charge is -2.38. The molecule has 2 aliphatic rings. The van der Waals surface area contributed by atoms with E-state index in [1.54, 1.807) is 104 Å². The van der Waals surface area contributed by atoms with Crippen molar-refractivity contribution in [2.45, 2.75) is 58.1 Å². The van der Waals surface area contributed by atoms with Crippen LogP contribution in [-0.2, 0) is 32.6 Å². The van der Waals surface area contributed by atoms with Crippen LogP contribution >= 0.6 is 11.6 Å². The number of halogens is 1. The molecule has 0 spiro atoms. The molecule has 5 aromatic rings. The molecule has 2 saturated heterocycles. The summed E-state index contributed by atoms with van der Waals surface area (Å²) in [6, 6.07) is 17.6. The van der Waals surface area contributed by atoms with E-state index < -0.39 is 35.3 Å². The van der Waals surface area contributed by atoms with Gasteiger partial charge in [0, 0.05) is 66.9 Å². The third-order valence-corrected chi connectivity index (χ3v) is 10.2. The van der Waals surface area contributed by atoms with Crippen LogP contribution in [0.1, 0.15) is 56.1 Å². The molecule has 0 aliphatic carbocycles. The Labute approximate surface area is 333 Å². The standard InChI is InChI=1S/C40H43ClN10O6/c1-40(2,3)57-38(55)34-22-26-21-29(13-15-30(26)47(34)4)43-35(52)33(20-25-8-11-28(12-9-25)44-39(56)48-16-6-5-7-17-48)50-19-18-49(36(53)37(50)54)32-23-27(41)10-14-31(32)51-24-42-45-46-51/h8-15,21-24,33H,5-7,16-20H2,1-4H3,(H,43,52)(H,44,56). The molecule has 2 aliphatic heterocycles. The van der Waals surface area contributed by atoms with Crippen LogP contribution in [0.5, 0.6) is 0 Å². The van der Waals surface area contributed by atoms with Crippen molar-refractivity contribution in [3.63, 3.8) is 0 Å². The van der Waals surface area contributed by atoms with Crippen LogP contribution in [0, 0.1) is 0 Å². The minimum atomic E-state index is -1.11. The Morgan fingerprint density at radius 1 is 0.842 bits per heavy atom. The first-order valence-electron chi connectivity index (χ1n) is 18.7. The van der Waals surface area contributed by atoms with Crippen molar-refractivity contribution in [1.29, 1.82) is 0 Å². The Bertz CT molecular complexity index is 2330. The summed E-state index contributed by atoms with van der Waals surface area (Å²) in [5.74, 6) is -2.73. The zero-order chi connectivity index (χ0) is 40.4. The number of piperidine rings is 1. The minimum Gasteiger partial charge on any atom is -0.455 e. The lowest BCUT2D eigenvalue weighted by molar-refractivity contribution is -0.149. The first-order valence-corrected chi connectivity index (χ1v) is 19.1. The van der Waals surface area contributed by atoms with Crippen molar-refractivity contribution in [1.82, 2.24) is 34.6 Å². The Kier molecular flexibility index (Phi) is 11.0. The molecule has 296 valence electrons. The number of nitrogens with one attached hydrogen (secondary N) is 2. The lowest BCUT2D eigenvalue weighted by atomic mass is 10.0.